The van der Waals surface area contributed by atoms with Crippen molar-refractivity contribution in [2.75, 3.05) is 16.8 Å². The molecule has 0 bridgehead atoms. The highest BCUT2D eigenvalue weighted by Crippen LogP contribution is 2.42. The molecule has 2 atom stereocenters. The molecule has 9 nitrogen and oxygen atoms in total. The van der Waals surface area contributed by atoms with Crippen LogP contribution < -0.4 is 10.2 Å². The largest absolute Gasteiger partial charge is 0.355 e. The summed E-state index contributed by atoms with van der Waals surface area (Å²) in [5.41, 5.74) is 3.16. The summed E-state index contributed by atoms with van der Waals surface area (Å²) in [6.07, 6.45) is -1.99. The van der Waals surface area contributed by atoms with Crippen LogP contribution >= 0.6 is 23.2 Å². The van der Waals surface area contributed by atoms with Crippen molar-refractivity contribution in [1.29, 1.82) is 0 Å². The first-order valence-corrected chi connectivity index (χ1v) is 13.5. The van der Waals surface area contributed by atoms with Crippen LogP contribution in [0.5, 0.6) is 0 Å². The zero-order valence-electron chi connectivity index (χ0n) is 22.2. The van der Waals surface area contributed by atoms with Gasteiger partial charge >= 0.3 is 0 Å². The van der Waals surface area contributed by atoms with Gasteiger partial charge in [-0.3, -0.25) is 9.59 Å². The number of nitrogens with one attached hydrogen (secondary N) is 2. The maximum Gasteiger partial charge on any atom is 0.256 e. The normalized spacial score (nSPS) is 17.3. The predicted molar refractivity (Wildman–Crippen MR) is 154 cm³/mol. The number of H-pyrrole nitrogens is 1. The van der Waals surface area contributed by atoms with Crippen LogP contribution in [0.2, 0.25) is 10.0 Å². The lowest BCUT2D eigenvalue weighted by atomic mass is 9.94. The number of rotatable bonds is 6. The number of carbonyl (C=O) groups excluding carboxylic acids is 2. The minimum absolute atomic E-state index is 0.198. The van der Waals surface area contributed by atoms with Gasteiger partial charge in [0.05, 0.1) is 6.42 Å². The van der Waals surface area contributed by atoms with Crippen molar-refractivity contribution in [3.05, 3.63) is 87.9 Å². The Morgan fingerprint density at radius 3 is 2.48 bits per heavy atom. The molecule has 40 heavy (non-hydrogen) atoms. The van der Waals surface area contributed by atoms with Crippen molar-refractivity contribution in [2.45, 2.75) is 39.4 Å². The molecule has 1 aliphatic rings. The van der Waals surface area contributed by atoms with Crippen LogP contribution in [-0.4, -0.2) is 45.1 Å². The number of tetrazole rings is 1. The molecular weight excluding hydrogens is 551 g/mol. The summed E-state index contributed by atoms with van der Waals surface area (Å²) in [5, 5.41) is 17.6. The monoisotopic (exact) mass is 578 g/mol. The van der Waals surface area contributed by atoms with Gasteiger partial charge in [0.25, 0.3) is 5.91 Å². The Kier molecular flexibility index (Phi) is 7.89. The van der Waals surface area contributed by atoms with Gasteiger partial charge in [0.15, 0.2) is 5.82 Å². The number of nitrogens with zero attached hydrogens (tertiary/aromatic N) is 4. The summed E-state index contributed by atoms with van der Waals surface area (Å²) in [4.78, 5) is 29.0. The molecule has 0 saturated carbocycles. The van der Waals surface area contributed by atoms with Crippen LogP contribution in [0.15, 0.2) is 66.7 Å². The van der Waals surface area contributed by atoms with Crippen LogP contribution in [0.3, 0.4) is 0 Å². The summed E-state index contributed by atoms with van der Waals surface area (Å²) < 4.78 is 6.47. The van der Waals surface area contributed by atoms with Gasteiger partial charge in [-0.15, -0.1) is 5.10 Å². The molecule has 206 valence electrons. The minimum atomic E-state index is -1.07. The number of anilines is 2. The van der Waals surface area contributed by atoms with Gasteiger partial charge in [-0.05, 0) is 64.4 Å². The van der Waals surface area contributed by atoms with Crippen molar-refractivity contribution in [2.24, 2.45) is 5.41 Å². The molecule has 2 N–H and O–H groups in total. The Hall–Kier alpha value is -3.79. The fourth-order valence-electron chi connectivity index (χ4n) is 4.64. The molecule has 2 heterocycles. The van der Waals surface area contributed by atoms with Crippen molar-refractivity contribution < 1.29 is 14.3 Å². The molecule has 0 unspecified atom stereocenters. The van der Waals surface area contributed by atoms with E-state index in [0.717, 1.165) is 5.56 Å². The number of aromatic amines is 1. The Labute approximate surface area is 241 Å². The average Bonchev–Trinajstić information content (AvgIpc) is 3.42. The molecule has 0 saturated heterocycles. The quantitative estimate of drug-likeness (QED) is 0.287. The summed E-state index contributed by atoms with van der Waals surface area (Å²) in [5.74, 6) is -0.166. The first-order chi connectivity index (χ1) is 19.1. The van der Waals surface area contributed by atoms with Gasteiger partial charge in [0.1, 0.15) is 12.2 Å². The van der Waals surface area contributed by atoms with E-state index in [1.165, 1.54) is 0 Å². The number of hydrogen-bond acceptors (Lipinski definition) is 6. The number of halogens is 2. The maximum absolute atomic E-state index is 14.0. The van der Waals surface area contributed by atoms with E-state index in [0.29, 0.717) is 44.9 Å². The summed E-state index contributed by atoms with van der Waals surface area (Å²) in [7, 11) is 0. The Bertz CT molecular complexity index is 1520. The molecule has 2 amide bonds. The van der Waals surface area contributed by atoms with Crippen molar-refractivity contribution in [1.82, 2.24) is 20.6 Å². The smallest absolute Gasteiger partial charge is 0.256 e. The third-order valence-corrected chi connectivity index (χ3v) is 6.96. The second kappa shape index (κ2) is 11.4. The molecule has 3 aromatic carbocycles. The summed E-state index contributed by atoms with van der Waals surface area (Å²) in [6, 6.07) is 19.7. The van der Waals surface area contributed by atoms with Crippen LogP contribution in [0.25, 0.3) is 11.4 Å². The standard InChI is InChI=1S/C29H28Cl2N6O3/c1-29(2,3)16-37-23-13-10-18(30)14-21(23)26(20-6-4-5-7-22(20)31)40-24(28(37)39)15-25(38)32-19-11-8-17(9-12-19)27-33-35-36-34-27/h4-14,24,26H,15-16H2,1-3H3,(H,32,38)(H,33,34,35,36)/t24-,26-/m1/s1. The third kappa shape index (κ3) is 6.17. The van der Waals surface area contributed by atoms with E-state index in [2.05, 4.69) is 25.9 Å². The first kappa shape index (κ1) is 27.8. The zero-order chi connectivity index (χ0) is 28.4. The predicted octanol–water partition coefficient (Wildman–Crippen LogP) is 6.07. The summed E-state index contributed by atoms with van der Waals surface area (Å²) >= 11 is 13.0. The Morgan fingerprint density at radius 1 is 1.05 bits per heavy atom. The zero-order valence-corrected chi connectivity index (χ0v) is 23.7. The lowest BCUT2D eigenvalue weighted by Crippen LogP contribution is -2.44. The second-order valence-corrected chi connectivity index (χ2v) is 11.6. The highest BCUT2D eigenvalue weighted by Gasteiger charge is 2.39. The molecule has 4 aromatic rings. The van der Waals surface area contributed by atoms with Gasteiger partial charge < -0.3 is 15.0 Å². The van der Waals surface area contributed by atoms with E-state index in [1.54, 1.807) is 47.4 Å². The van der Waals surface area contributed by atoms with Gasteiger partial charge in [-0.2, -0.15) is 0 Å². The van der Waals surface area contributed by atoms with Crippen LogP contribution in [0.1, 0.15) is 44.4 Å². The molecule has 0 fully saturated rings. The highest BCUT2D eigenvalue weighted by molar-refractivity contribution is 6.31. The van der Waals surface area contributed by atoms with E-state index in [4.69, 9.17) is 27.9 Å². The number of fused-ring (bicyclic) bond motifs is 1. The molecular formula is C29H28Cl2N6O3. The molecule has 1 aromatic heterocycles. The summed E-state index contributed by atoms with van der Waals surface area (Å²) in [6.45, 7) is 6.56. The van der Waals surface area contributed by atoms with Crippen molar-refractivity contribution in [3.8, 4) is 11.4 Å². The molecule has 11 heteroatoms. The lowest BCUT2D eigenvalue weighted by molar-refractivity contribution is -0.136. The second-order valence-electron chi connectivity index (χ2n) is 10.8. The van der Waals surface area contributed by atoms with Crippen LogP contribution in [0.4, 0.5) is 11.4 Å². The van der Waals surface area contributed by atoms with E-state index < -0.39 is 12.2 Å². The van der Waals surface area contributed by atoms with E-state index in [-0.39, 0.29) is 23.7 Å². The average molecular weight is 579 g/mol. The van der Waals surface area contributed by atoms with Gasteiger partial charge in [-0.1, -0.05) is 62.2 Å². The molecule has 0 aliphatic carbocycles. The third-order valence-electron chi connectivity index (χ3n) is 6.38. The number of amides is 2. The Balaban J connectivity index is 1.46. The van der Waals surface area contributed by atoms with Crippen molar-refractivity contribution >= 4 is 46.4 Å². The van der Waals surface area contributed by atoms with Gasteiger partial charge in [0, 0.05) is 44.7 Å². The molecule has 0 spiro atoms. The van der Waals surface area contributed by atoms with Gasteiger partial charge in [-0.25, -0.2) is 5.10 Å². The van der Waals surface area contributed by atoms with Crippen LogP contribution in [0, 0.1) is 5.41 Å². The lowest BCUT2D eigenvalue weighted by Gasteiger charge is -2.31. The maximum atomic E-state index is 14.0. The fourth-order valence-corrected chi connectivity index (χ4v) is 5.06. The molecule has 1 aliphatic heterocycles. The number of ether oxygens (including phenoxy) is 1. The molecule has 5 rings (SSSR count). The number of carbonyl (C=O) groups is 2. The van der Waals surface area contributed by atoms with E-state index in [9.17, 15) is 9.59 Å². The highest BCUT2D eigenvalue weighted by atomic mass is 35.5. The van der Waals surface area contributed by atoms with E-state index in [1.807, 2.05) is 45.0 Å². The first-order valence-electron chi connectivity index (χ1n) is 12.7. The fraction of sp³-hybridized carbons (Fsp3) is 0.276. The number of aromatic nitrogens is 4. The SMILES string of the molecule is CC(C)(C)CN1C(=O)[C@@H](CC(=O)Nc2ccc(-c3nnn[nH]3)cc2)O[C@H](c2ccccc2Cl)c2cc(Cl)ccc21. The minimum Gasteiger partial charge on any atom is -0.355 e. The van der Waals surface area contributed by atoms with Gasteiger partial charge in [0.2, 0.25) is 5.91 Å². The number of hydrogen-bond donors (Lipinski definition) is 2. The Morgan fingerprint density at radius 2 is 1.80 bits per heavy atom. The number of benzene rings is 3. The van der Waals surface area contributed by atoms with E-state index >= 15 is 0 Å². The molecule has 0 radical (unpaired) electrons. The van der Waals surface area contributed by atoms with Crippen molar-refractivity contribution in [3.63, 3.8) is 0 Å². The van der Waals surface area contributed by atoms with Crippen LogP contribution in [-0.2, 0) is 14.3 Å². The topological polar surface area (TPSA) is 113 Å².